The summed E-state index contributed by atoms with van der Waals surface area (Å²) in [6, 6.07) is -0.940. The van der Waals surface area contributed by atoms with Crippen LogP contribution in [0.2, 0.25) is 0 Å². The first kappa shape index (κ1) is 28.0. The van der Waals surface area contributed by atoms with E-state index in [4.69, 9.17) is 28.4 Å². The van der Waals surface area contributed by atoms with E-state index >= 15 is 0 Å². The molecule has 0 spiro atoms. The molecule has 12 heteroatoms. The van der Waals surface area contributed by atoms with Crippen molar-refractivity contribution < 1.29 is 52.4 Å². The molecule has 0 bridgehead atoms. The topological polar surface area (TPSA) is 153 Å². The molecular formula is C21H31NO11. The smallest absolute Gasteiger partial charge is 0.371 e. The largest absolute Gasteiger partial charge is 0.465 e. The highest BCUT2D eigenvalue weighted by Gasteiger charge is 2.52. The van der Waals surface area contributed by atoms with E-state index in [9.17, 15) is 24.0 Å². The third kappa shape index (κ3) is 8.46. The van der Waals surface area contributed by atoms with Crippen molar-refractivity contribution in [2.75, 3.05) is 20.3 Å². The molecule has 12 nitrogen and oxygen atoms in total. The predicted molar refractivity (Wildman–Crippen MR) is 110 cm³/mol. The van der Waals surface area contributed by atoms with Crippen molar-refractivity contribution in [3.8, 4) is 0 Å². The van der Waals surface area contributed by atoms with Gasteiger partial charge in [0, 0.05) is 27.7 Å². The fourth-order valence-corrected chi connectivity index (χ4v) is 3.10. The summed E-state index contributed by atoms with van der Waals surface area (Å²) < 4.78 is 32.0. The molecule has 1 rings (SSSR count). The van der Waals surface area contributed by atoms with Crippen LogP contribution in [0, 0.1) is 0 Å². The average molecular weight is 473 g/mol. The van der Waals surface area contributed by atoms with E-state index in [2.05, 4.69) is 5.32 Å². The van der Waals surface area contributed by atoms with E-state index in [1.165, 1.54) is 19.1 Å². The standard InChI is InChI=1S/C21H31NO11/c1-7-10-30-21(20(27)28-6)9-8-16(22-12(2)23)18(33-21)19(32-15(5)26)17(31-14(4)25)11-29-13(3)24/h8-9,16-19H,7,10-11H2,1-6H3,(H,22,23)/t16-,17-,18-,19-,21+/m1/s1. The van der Waals surface area contributed by atoms with Crippen LogP contribution in [0.15, 0.2) is 12.2 Å². The molecule has 0 fully saturated rings. The van der Waals surface area contributed by atoms with Gasteiger partial charge in [-0.15, -0.1) is 0 Å². The van der Waals surface area contributed by atoms with Gasteiger partial charge in [-0.2, -0.15) is 0 Å². The molecule has 5 atom stereocenters. The van der Waals surface area contributed by atoms with Gasteiger partial charge in [-0.1, -0.05) is 13.0 Å². The van der Waals surface area contributed by atoms with Crippen LogP contribution in [0.25, 0.3) is 0 Å². The SMILES string of the molecule is CCCO[C@@]1(C(=O)OC)C=C[C@@H](NC(C)=O)[C@H]([C@H](OC(C)=O)[C@@H](COC(C)=O)OC(C)=O)O1. The molecule has 33 heavy (non-hydrogen) atoms. The highest BCUT2D eigenvalue weighted by atomic mass is 16.7. The number of amides is 1. The minimum Gasteiger partial charge on any atom is -0.465 e. The average Bonchev–Trinajstić information content (AvgIpc) is 2.73. The number of methoxy groups -OCH3 is 1. The van der Waals surface area contributed by atoms with Gasteiger partial charge in [-0.25, -0.2) is 4.79 Å². The highest BCUT2D eigenvalue weighted by molar-refractivity contribution is 5.81. The zero-order chi connectivity index (χ0) is 25.2. The number of carbonyl (C=O) groups excluding carboxylic acids is 5. The highest BCUT2D eigenvalue weighted by Crippen LogP contribution is 2.31. The molecule has 1 N–H and O–H groups in total. The molecule has 1 amide bonds. The molecule has 0 saturated heterocycles. The summed E-state index contributed by atoms with van der Waals surface area (Å²) in [5.41, 5.74) is 0. The zero-order valence-corrected chi connectivity index (χ0v) is 19.6. The summed E-state index contributed by atoms with van der Waals surface area (Å²) in [5, 5.41) is 2.61. The van der Waals surface area contributed by atoms with Gasteiger partial charge in [0.25, 0.3) is 5.79 Å². The van der Waals surface area contributed by atoms with Gasteiger partial charge < -0.3 is 33.7 Å². The van der Waals surface area contributed by atoms with Crippen LogP contribution in [-0.2, 0) is 52.4 Å². The number of hydrogen-bond donors (Lipinski definition) is 1. The van der Waals surface area contributed by atoms with E-state index in [1.807, 2.05) is 6.92 Å². The summed E-state index contributed by atoms with van der Waals surface area (Å²) in [7, 11) is 1.14. The summed E-state index contributed by atoms with van der Waals surface area (Å²) in [6.07, 6.45) is -0.811. The van der Waals surface area contributed by atoms with Gasteiger partial charge in [0.15, 0.2) is 12.2 Å². The molecule has 0 unspecified atom stereocenters. The van der Waals surface area contributed by atoms with E-state index in [-0.39, 0.29) is 6.61 Å². The van der Waals surface area contributed by atoms with Crippen molar-refractivity contribution in [2.45, 2.75) is 71.2 Å². The van der Waals surface area contributed by atoms with E-state index in [0.717, 1.165) is 27.9 Å². The summed E-state index contributed by atoms with van der Waals surface area (Å²) in [6.45, 7) is 6.06. The van der Waals surface area contributed by atoms with Crippen molar-refractivity contribution in [1.82, 2.24) is 5.32 Å². The van der Waals surface area contributed by atoms with Crippen LogP contribution in [0.3, 0.4) is 0 Å². The van der Waals surface area contributed by atoms with Gasteiger partial charge in [0.1, 0.15) is 12.7 Å². The number of esters is 4. The monoisotopic (exact) mass is 473 g/mol. The van der Waals surface area contributed by atoms with Crippen molar-refractivity contribution >= 4 is 29.8 Å². The van der Waals surface area contributed by atoms with Crippen molar-refractivity contribution in [1.29, 1.82) is 0 Å². The Labute approximate surface area is 191 Å². The van der Waals surface area contributed by atoms with Crippen LogP contribution >= 0.6 is 0 Å². The molecule has 0 aliphatic carbocycles. The van der Waals surface area contributed by atoms with Gasteiger partial charge in [0.05, 0.1) is 19.8 Å². The lowest BCUT2D eigenvalue weighted by Gasteiger charge is -2.42. The fourth-order valence-electron chi connectivity index (χ4n) is 3.10. The van der Waals surface area contributed by atoms with Gasteiger partial charge >= 0.3 is 23.9 Å². The lowest BCUT2D eigenvalue weighted by Crippen LogP contribution is -2.62. The second-order valence-corrected chi connectivity index (χ2v) is 7.20. The zero-order valence-electron chi connectivity index (χ0n) is 19.6. The lowest BCUT2D eigenvalue weighted by atomic mass is 9.95. The Hall–Kier alpha value is -2.99. The number of hydrogen-bond acceptors (Lipinski definition) is 11. The fraction of sp³-hybridized carbons (Fsp3) is 0.667. The molecular weight excluding hydrogens is 442 g/mol. The van der Waals surface area contributed by atoms with Crippen molar-refractivity contribution in [2.24, 2.45) is 0 Å². The van der Waals surface area contributed by atoms with Crippen molar-refractivity contribution in [3.05, 3.63) is 12.2 Å². The quantitative estimate of drug-likeness (QED) is 0.248. The Bertz CT molecular complexity index is 765. The predicted octanol–water partition coefficient (Wildman–Crippen LogP) is 0.169. The Morgan fingerprint density at radius 2 is 1.67 bits per heavy atom. The molecule has 0 aromatic rings. The molecule has 0 aromatic carbocycles. The Balaban J connectivity index is 3.53. The number of ether oxygens (including phenoxy) is 6. The second kappa shape index (κ2) is 12.9. The minimum absolute atomic E-state index is 0.107. The molecule has 1 aliphatic rings. The van der Waals surface area contributed by atoms with Crippen LogP contribution in [-0.4, -0.2) is 80.2 Å². The third-order valence-corrected chi connectivity index (χ3v) is 4.31. The minimum atomic E-state index is -2.02. The van der Waals surface area contributed by atoms with E-state index in [1.54, 1.807) is 0 Å². The Kier molecular flexibility index (Phi) is 11.0. The third-order valence-electron chi connectivity index (χ3n) is 4.31. The molecule has 1 heterocycles. The maximum absolute atomic E-state index is 12.6. The van der Waals surface area contributed by atoms with Crippen LogP contribution in [0.1, 0.15) is 41.0 Å². The first-order valence-corrected chi connectivity index (χ1v) is 10.3. The maximum atomic E-state index is 12.6. The first-order valence-electron chi connectivity index (χ1n) is 10.3. The van der Waals surface area contributed by atoms with E-state index in [0.29, 0.717) is 6.42 Å². The molecule has 0 saturated carbocycles. The van der Waals surface area contributed by atoms with Crippen LogP contribution in [0.4, 0.5) is 0 Å². The summed E-state index contributed by atoms with van der Waals surface area (Å²) in [4.78, 5) is 59.4. The van der Waals surface area contributed by atoms with Crippen LogP contribution in [0.5, 0.6) is 0 Å². The van der Waals surface area contributed by atoms with Gasteiger partial charge in [0.2, 0.25) is 5.91 Å². The number of carbonyl (C=O) groups is 5. The van der Waals surface area contributed by atoms with Gasteiger partial charge in [-0.3, -0.25) is 19.2 Å². The van der Waals surface area contributed by atoms with Crippen LogP contribution < -0.4 is 5.32 Å². The van der Waals surface area contributed by atoms with Gasteiger partial charge in [-0.05, 0) is 12.5 Å². The molecule has 1 aliphatic heterocycles. The van der Waals surface area contributed by atoms with Crippen molar-refractivity contribution in [3.63, 3.8) is 0 Å². The molecule has 0 radical (unpaired) electrons. The number of rotatable bonds is 11. The second-order valence-electron chi connectivity index (χ2n) is 7.20. The summed E-state index contributed by atoms with van der Waals surface area (Å²) in [5.74, 6) is -5.59. The Morgan fingerprint density at radius 3 is 2.15 bits per heavy atom. The normalized spacial score (nSPS) is 23.6. The first-order chi connectivity index (χ1) is 15.5. The molecule has 186 valence electrons. The lowest BCUT2D eigenvalue weighted by molar-refractivity contribution is -0.266. The molecule has 0 aromatic heterocycles. The maximum Gasteiger partial charge on any atom is 0.371 e. The number of nitrogens with one attached hydrogen (secondary N) is 1. The Morgan fingerprint density at radius 1 is 1.03 bits per heavy atom. The van der Waals surface area contributed by atoms with E-state index < -0.39 is 66.5 Å². The summed E-state index contributed by atoms with van der Waals surface area (Å²) >= 11 is 0.